The molecule has 0 aromatic carbocycles. The molecule has 1 fully saturated rings. The summed E-state index contributed by atoms with van der Waals surface area (Å²) in [6.07, 6.45) is 2.01. The first kappa shape index (κ1) is 12.0. The minimum atomic E-state index is -1.12. The zero-order valence-corrected chi connectivity index (χ0v) is 9.96. The molecule has 1 aliphatic rings. The van der Waals surface area contributed by atoms with E-state index < -0.39 is 11.5 Å². The molecular formula is C10H16N4O3. The van der Waals surface area contributed by atoms with Gasteiger partial charge in [0.1, 0.15) is 6.10 Å². The van der Waals surface area contributed by atoms with Crippen molar-refractivity contribution in [1.82, 2.24) is 20.2 Å². The summed E-state index contributed by atoms with van der Waals surface area (Å²) < 4.78 is 6.88. The highest BCUT2D eigenvalue weighted by molar-refractivity contribution is 5.76. The molecule has 0 radical (unpaired) electrons. The van der Waals surface area contributed by atoms with E-state index in [1.807, 2.05) is 0 Å². The van der Waals surface area contributed by atoms with Gasteiger partial charge in [-0.05, 0) is 36.6 Å². The summed E-state index contributed by atoms with van der Waals surface area (Å²) in [5.74, 6) is -0.430. The molecule has 1 aromatic rings. The zero-order valence-electron chi connectivity index (χ0n) is 9.96. The van der Waals surface area contributed by atoms with Crippen LogP contribution in [-0.2, 0) is 15.1 Å². The summed E-state index contributed by atoms with van der Waals surface area (Å²) in [5, 5.41) is 20.6. The Kier molecular flexibility index (Phi) is 3.10. The summed E-state index contributed by atoms with van der Waals surface area (Å²) in [4.78, 5) is 11.4. The quantitative estimate of drug-likeness (QED) is 0.834. The summed E-state index contributed by atoms with van der Waals surface area (Å²) in [5.41, 5.74) is -1.12. The van der Waals surface area contributed by atoms with E-state index in [2.05, 4.69) is 15.5 Å². The van der Waals surface area contributed by atoms with Crippen LogP contribution in [0.4, 0.5) is 0 Å². The zero-order chi connectivity index (χ0) is 12.5. The molecule has 0 spiro atoms. The number of rotatable bonds is 4. The molecule has 2 heterocycles. The third-order valence-corrected chi connectivity index (χ3v) is 3.33. The highest BCUT2D eigenvalue weighted by Gasteiger charge is 2.39. The van der Waals surface area contributed by atoms with Crippen LogP contribution >= 0.6 is 0 Å². The van der Waals surface area contributed by atoms with E-state index >= 15 is 0 Å². The highest BCUT2D eigenvalue weighted by Crippen LogP contribution is 2.30. The van der Waals surface area contributed by atoms with Gasteiger partial charge in [-0.25, -0.2) is 9.48 Å². The molecule has 1 aromatic heterocycles. The van der Waals surface area contributed by atoms with Crippen molar-refractivity contribution in [2.75, 3.05) is 6.61 Å². The number of aromatic nitrogens is 4. The largest absolute Gasteiger partial charge is 0.479 e. The second-order valence-corrected chi connectivity index (χ2v) is 4.38. The monoisotopic (exact) mass is 240 g/mol. The molecular weight excluding hydrogens is 224 g/mol. The average molecular weight is 240 g/mol. The molecule has 2 atom stereocenters. The van der Waals surface area contributed by atoms with Gasteiger partial charge >= 0.3 is 5.97 Å². The maximum atomic E-state index is 11.4. The molecule has 2 unspecified atom stereocenters. The van der Waals surface area contributed by atoms with Crippen molar-refractivity contribution in [2.24, 2.45) is 0 Å². The lowest BCUT2D eigenvalue weighted by atomic mass is 9.99. The molecule has 0 saturated carbocycles. The van der Waals surface area contributed by atoms with Crippen molar-refractivity contribution < 1.29 is 14.6 Å². The number of tetrazole rings is 1. The minimum absolute atomic E-state index is 0.185. The third-order valence-electron chi connectivity index (χ3n) is 3.33. The molecule has 7 heteroatoms. The van der Waals surface area contributed by atoms with Crippen molar-refractivity contribution in [3.8, 4) is 0 Å². The number of hydrogen-bond acceptors (Lipinski definition) is 5. The molecule has 0 amide bonds. The predicted octanol–water partition coefficient (Wildman–Crippen LogP) is 0.734. The van der Waals surface area contributed by atoms with Gasteiger partial charge in [-0.2, -0.15) is 0 Å². The Morgan fingerprint density at radius 2 is 2.47 bits per heavy atom. The fourth-order valence-corrected chi connectivity index (χ4v) is 1.92. The van der Waals surface area contributed by atoms with Crippen LogP contribution in [0.25, 0.3) is 0 Å². The van der Waals surface area contributed by atoms with E-state index in [0.717, 1.165) is 12.8 Å². The van der Waals surface area contributed by atoms with E-state index in [1.54, 1.807) is 13.8 Å². The van der Waals surface area contributed by atoms with E-state index in [-0.39, 0.29) is 6.10 Å². The lowest BCUT2D eigenvalue weighted by molar-refractivity contribution is -0.147. The Morgan fingerprint density at radius 3 is 3.00 bits per heavy atom. The second kappa shape index (κ2) is 4.40. The van der Waals surface area contributed by atoms with E-state index in [4.69, 9.17) is 4.74 Å². The number of carboxylic acids is 1. The first-order valence-electron chi connectivity index (χ1n) is 5.73. The van der Waals surface area contributed by atoms with Gasteiger partial charge in [0.2, 0.25) is 0 Å². The molecule has 0 aliphatic carbocycles. The van der Waals surface area contributed by atoms with Crippen LogP contribution in [0.2, 0.25) is 0 Å². The minimum Gasteiger partial charge on any atom is -0.479 e. The molecule has 2 rings (SSSR count). The molecule has 94 valence electrons. The number of hydrogen-bond donors (Lipinski definition) is 1. The first-order chi connectivity index (χ1) is 8.09. The average Bonchev–Trinajstić information content (AvgIpc) is 2.97. The standard InChI is InChI=1S/C10H16N4O3/c1-3-10(2,9(15)16)14-8(11-12-13-14)7-5-4-6-17-7/h7H,3-6H2,1-2H3,(H,15,16). The maximum absolute atomic E-state index is 11.4. The van der Waals surface area contributed by atoms with E-state index in [0.29, 0.717) is 18.9 Å². The fraction of sp³-hybridized carbons (Fsp3) is 0.800. The van der Waals surface area contributed by atoms with Gasteiger partial charge in [0.05, 0.1) is 0 Å². The number of carboxylic acid groups (broad SMARTS) is 1. The van der Waals surface area contributed by atoms with Gasteiger partial charge in [-0.1, -0.05) is 6.92 Å². The lowest BCUT2D eigenvalue weighted by Gasteiger charge is -2.25. The van der Waals surface area contributed by atoms with Crippen molar-refractivity contribution in [3.05, 3.63) is 5.82 Å². The Hall–Kier alpha value is -1.50. The SMILES string of the molecule is CCC(C)(C(=O)O)n1nnnc1C1CCCO1. The lowest BCUT2D eigenvalue weighted by Crippen LogP contribution is -2.40. The van der Waals surface area contributed by atoms with E-state index in [1.165, 1.54) is 4.68 Å². The number of nitrogens with zero attached hydrogens (tertiary/aromatic N) is 4. The topological polar surface area (TPSA) is 90.1 Å². The van der Waals surface area contributed by atoms with Gasteiger partial charge in [-0.3, -0.25) is 0 Å². The maximum Gasteiger partial charge on any atom is 0.331 e. The van der Waals surface area contributed by atoms with Crippen LogP contribution in [0.3, 0.4) is 0 Å². The molecule has 0 bridgehead atoms. The van der Waals surface area contributed by atoms with Crippen LogP contribution < -0.4 is 0 Å². The second-order valence-electron chi connectivity index (χ2n) is 4.38. The van der Waals surface area contributed by atoms with Crippen LogP contribution in [0.15, 0.2) is 0 Å². The van der Waals surface area contributed by atoms with Crippen LogP contribution in [0, 0.1) is 0 Å². The number of carbonyl (C=O) groups is 1. The van der Waals surface area contributed by atoms with Gasteiger partial charge < -0.3 is 9.84 Å². The Bertz CT molecular complexity index is 413. The predicted molar refractivity (Wildman–Crippen MR) is 57.3 cm³/mol. The summed E-state index contributed by atoms with van der Waals surface area (Å²) >= 11 is 0. The van der Waals surface area contributed by atoms with E-state index in [9.17, 15) is 9.90 Å². The Labute approximate surface area is 98.8 Å². The Morgan fingerprint density at radius 1 is 1.71 bits per heavy atom. The third kappa shape index (κ3) is 1.90. The molecule has 1 N–H and O–H groups in total. The molecule has 1 saturated heterocycles. The number of aliphatic carboxylic acids is 1. The van der Waals surface area contributed by atoms with Crippen LogP contribution in [-0.4, -0.2) is 37.9 Å². The van der Waals surface area contributed by atoms with Crippen molar-refractivity contribution in [2.45, 2.75) is 44.8 Å². The van der Waals surface area contributed by atoms with Crippen LogP contribution in [0.1, 0.15) is 45.0 Å². The van der Waals surface area contributed by atoms with Gasteiger partial charge in [-0.15, -0.1) is 5.10 Å². The highest BCUT2D eigenvalue weighted by atomic mass is 16.5. The van der Waals surface area contributed by atoms with Crippen molar-refractivity contribution in [3.63, 3.8) is 0 Å². The van der Waals surface area contributed by atoms with Gasteiger partial charge in [0.25, 0.3) is 0 Å². The summed E-state index contributed by atoms with van der Waals surface area (Å²) in [7, 11) is 0. The van der Waals surface area contributed by atoms with Crippen molar-refractivity contribution >= 4 is 5.97 Å². The first-order valence-corrected chi connectivity index (χ1v) is 5.73. The Balaban J connectivity index is 2.38. The molecule has 17 heavy (non-hydrogen) atoms. The smallest absolute Gasteiger partial charge is 0.331 e. The summed E-state index contributed by atoms with van der Waals surface area (Å²) in [6, 6.07) is 0. The normalized spacial score (nSPS) is 23.5. The van der Waals surface area contributed by atoms with Crippen LogP contribution in [0.5, 0.6) is 0 Å². The summed E-state index contributed by atoms with van der Waals surface area (Å²) in [6.45, 7) is 4.09. The fourth-order valence-electron chi connectivity index (χ4n) is 1.92. The van der Waals surface area contributed by atoms with Gasteiger partial charge in [0.15, 0.2) is 11.4 Å². The van der Waals surface area contributed by atoms with Crippen molar-refractivity contribution in [1.29, 1.82) is 0 Å². The number of ether oxygens (including phenoxy) is 1. The van der Waals surface area contributed by atoms with Gasteiger partial charge in [0, 0.05) is 6.61 Å². The molecule has 1 aliphatic heterocycles. The molecule has 7 nitrogen and oxygen atoms in total.